The quantitative estimate of drug-likeness (QED) is 0.170. The number of phenolic OH excluding ortho intramolecular Hbond substituents is 1. The van der Waals surface area contributed by atoms with Gasteiger partial charge >= 0.3 is 6.09 Å². The number of nitrogens with one attached hydrogen (secondary N) is 2. The molecule has 0 aliphatic rings. The molecule has 0 saturated heterocycles. The number of anilines is 3. The second-order valence-electron chi connectivity index (χ2n) is 8.55. The van der Waals surface area contributed by atoms with Crippen LogP contribution in [-0.4, -0.2) is 17.1 Å². The van der Waals surface area contributed by atoms with Crippen molar-refractivity contribution in [3.63, 3.8) is 0 Å². The van der Waals surface area contributed by atoms with Crippen molar-refractivity contribution in [1.82, 2.24) is 0 Å². The highest BCUT2D eigenvalue weighted by atomic mass is 79.9. The van der Waals surface area contributed by atoms with E-state index >= 15 is 0 Å². The SMILES string of the molecule is Cc1ccc(NC(=O)O[C@H](c2cc(Br)ccc2O)[C@H](C)CC/C=C/C(=O)Nc2ccccc2N)cc1. The predicted molar refractivity (Wildman–Crippen MR) is 147 cm³/mol. The average Bonchev–Trinajstić information content (AvgIpc) is 2.85. The highest BCUT2D eigenvalue weighted by molar-refractivity contribution is 9.10. The minimum Gasteiger partial charge on any atom is -0.508 e. The average molecular weight is 552 g/mol. The Kier molecular flexibility index (Phi) is 9.53. The summed E-state index contributed by atoms with van der Waals surface area (Å²) < 4.78 is 6.55. The molecule has 5 N–H and O–H groups in total. The predicted octanol–water partition coefficient (Wildman–Crippen LogP) is 6.95. The topological polar surface area (TPSA) is 114 Å². The minimum atomic E-state index is -0.709. The van der Waals surface area contributed by atoms with E-state index in [0.717, 1.165) is 10.0 Å². The maximum atomic E-state index is 12.7. The number of amides is 2. The van der Waals surface area contributed by atoms with Crippen molar-refractivity contribution >= 4 is 45.0 Å². The normalized spacial score (nSPS) is 12.6. The molecule has 2 atom stereocenters. The van der Waals surface area contributed by atoms with E-state index in [4.69, 9.17) is 10.5 Å². The van der Waals surface area contributed by atoms with Crippen molar-refractivity contribution in [2.45, 2.75) is 32.8 Å². The number of carbonyl (C=O) groups is 2. The lowest BCUT2D eigenvalue weighted by Gasteiger charge is -2.25. The number of allylic oxidation sites excluding steroid dienone is 1. The van der Waals surface area contributed by atoms with E-state index in [1.165, 1.54) is 6.08 Å². The molecule has 3 aromatic rings. The van der Waals surface area contributed by atoms with Gasteiger partial charge in [-0.3, -0.25) is 10.1 Å². The van der Waals surface area contributed by atoms with Gasteiger partial charge in [-0.05, 0) is 74.2 Å². The van der Waals surface area contributed by atoms with Crippen LogP contribution in [0.15, 0.2) is 83.4 Å². The van der Waals surface area contributed by atoms with Gasteiger partial charge < -0.3 is 20.9 Å². The highest BCUT2D eigenvalue weighted by Gasteiger charge is 2.26. The summed E-state index contributed by atoms with van der Waals surface area (Å²) in [5, 5.41) is 16.0. The van der Waals surface area contributed by atoms with Gasteiger partial charge in [0.25, 0.3) is 0 Å². The van der Waals surface area contributed by atoms with Gasteiger partial charge in [-0.25, -0.2) is 4.79 Å². The van der Waals surface area contributed by atoms with Crippen LogP contribution in [0.1, 0.15) is 37.0 Å². The number of para-hydroxylation sites is 2. The van der Waals surface area contributed by atoms with Crippen LogP contribution >= 0.6 is 15.9 Å². The third-order valence-electron chi connectivity index (χ3n) is 5.62. The molecule has 3 aromatic carbocycles. The van der Waals surface area contributed by atoms with Crippen molar-refractivity contribution in [2.24, 2.45) is 5.92 Å². The molecule has 0 saturated carbocycles. The summed E-state index contributed by atoms with van der Waals surface area (Å²) in [6.45, 7) is 3.90. The molecule has 0 bridgehead atoms. The molecule has 0 aliphatic heterocycles. The summed E-state index contributed by atoms with van der Waals surface area (Å²) in [7, 11) is 0. The molecule has 0 aromatic heterocycles. The van der Waals surface area contributed by atoms with Crippen LogP contribution in [0.2, 0.25) is 0 Å². The van der Waals surface area contributed by atoms with Crippen LogP contribution in [0.5, 0.6) is 5.75 Å². The summed E-state index contributed by atoms with van der Waals surface area (Å²) >= 11 is 3.42. The number of rotatable bonds is 9. The molecule has 0 radical (unpaired) electrons. The van der Waals surface area contributed by atoms with Gasteiger partial charge in [0.05, 0.1) is 11.4 Å². The molecule has 3 rings (SSSR count). The number of halogens is 1. The zero-order chi connectivity index (χ0) is 26.1. The Morgan fingerprint density at radius 3 is 2.53 bits per heavy atom. The molecule has 2 amide bonds. The smallest absolute Gasteiger partial charge is 0.412 e. The van der Waals surface area contributed by atoms with Crippen molar-refractivity contribution in [3.8, 4) is 5.75 Å². The second kappa shape index (κ2) is 12.8. The Morgan fingerprint density at radius 2 is 1.81 bits per heavy atom. The zero-order valence-corrected chi connectivity index (χ0v) is 21.8. The number of nitrogens with two attached hydrogens (primary N) is 1. The maximum absolute atomic E-state index is 12.7. The van der Waals surface area contributed by atoms with Crippen LogP contribution < -0.4 is 16.4 Å². The van der Waals surface area contributed by atoms with Crippen molar-refractivity contribution in [2.75, 3.05) is 16.4 Å². The molecular weight excluding hydrogens is 522 g/mol. The van der Waals surface area contributed by atoms with Gasteiger partial charge in [0.2, 0.25) is 5.91 Å². The van der Waals surface area contributed by atoms with E-state index in [1.807, 2.05) is 26.0 Å². The van der Waals surface area contributed by atoms with Gasteiger partial charge in [0.15, 0.2) is 0 Å². The minimum absolute atomic E-state index is 0.0357. The standard InChI is InChI=1S/C28H30BrN3O4/c1-18-11-14-21(15-12-18)31-28(35)36-27(22-17-20(29)13-16-25(22)33)19(2)7-3-6-10-26(34)32-24-9-5-4-8-23(24)30/h4-6,8-17,19,27,33H,3,7,30H2,1-2H3,(H,31,35)(H,32,34)/b10-6+/t19-,27+/m1/s1. The van der Waals surface area contributed by atoms with E-state index in [2.05, 4.69) is 26.6 Å². The van der Waals surface area contributed by atoms with E-state index in [9.17, 15) is 14.7 Å². The van der Waals surface area contributed by atoms with E-state index in [1.54, 1.807) is 60.7 Å². The molecular formula is C28H30BrN3O4. The second-order valence-corrected chi connectivity index (χ2v) is 9.47. The molecule has 7 nitrogen and oxygen atoms in total. The van der Waals surface area contributed by atoms with Crippen LogP contribution in [-0.2, 0) is 9.53 Å². The molecule has 0 fully saturated rings. The Balaban J connectivity index is 1.65. The first-order valence-electron chi connectivity index (χ1n) is 11.6. The van der Waals surface area contributed by atoms with Gasteiger partial charge in [0.1, 0.15) is 11.9 Å². The Labute approximate surface area is 219 Å². The number of nitrogen functional groups attached to an aromatic ring is 1. The van der Waals surface area contributed by atoms with Gasteiger partial charge in [-0.2, -0.15) is 0 Å². The van der Waals surface area contributed by atoms with Crippen LogP contribution in [0.3, 0.4) is 0 Å². The number of aryl methyl sites for hydroxylation is 1. The van der Waals surface area contributed by atoms with Crippen LogP contribution in [0.4, 0.5) is 21.9 Å². The van der Waals surface area contributed by atoms with Crippen LogP contribution in [0, 0.1) is 12.8 Å². The lowest BCUT2D eigenvalue weighted by atomic mass is 9.92. The van der Waals surface area contributed by atoms with Gasteiger partial charge in [0, 0.05) is 15.7 Å². The summed E-state index contributed by atoms with van der Waals surface area (Å²) in [6, 6.07) is 19.4. The van der Waals surface area contributed by atoms with Gasteiger partial charge in [-0.1, -0.05) is 58.8 Å². The third kappa shape index (κ3) is 7.88. The lowest BCUT2D eigenvalue weighted by molar-refractivity contribution is -0.111. The van der Waals surface area contributed by atoms with E-state index in [-0.39, 0.29) is 17.6 Å². The van der Waals surface area contributed by atoms with Crippen molar-refractivity contribution in [3.05, 3.63) is 94.5 Å². The molecule has 0 aliphatic carbocycles. The number of hydrogen-bond acceptors (Lipinski definition) is 5. The van der Waals surface area contributed by atoms with E-state index < -0.39 is 12.2 Å². The number of hydrogen-bond donors (Lipinski definition) is 4. The summed E-state index contributed by atoms with van der Waals surface area (Å²) in [5.41, 5.74) is 9.10. The number of carbonyl (C=O) groups excluding carboxylic acids is 2. The molecule has 0 unspecified atom stereocenters. The first-order chi connectivity index (χ1) is 17.2. The Morgan fingerprint density at radius 1 is 1.08 bits per heavy atom. The number of phenols is 1. The Bertz CT molecular complexity index is 1230. The summed E-state index contributed by atoms with van der Waals surface area (Å²) in [5.74, 6) is -0.407. The van der Waals surface area contributed by atoms with Gasteiger partial charge in [-0.15, -0.1) is 0 Å². The molecule has 188 valence electrons. The highest BCUT2D eigenvalue weighted by Crippen LogP contribution is 2.36. The first kappa shape index (κ1) is 26.8. The van der Waals surface area contributed by atoms with Crippen molar-refractivity contribution in [1.29, 1.82) is 0 Å². The van der Waals surface area contributed by atoms with E-state index in [0.29, 0.717) is 35.5 Å². The Hall–Kier alpha value is -3.78. The number of aromatic hydroxyl groups is 1. The molecule has 0 heterocycles. The number of ether oxygens (including phenoxy) is 1. The molecule has 8 heteroatoms. The van der Waals surface area contributed by atoms with Crippen molar-refractivity contribution < 1.29 is 19.4 Å². The zero-order valence-electron chi connectivity index (χ0n) is 20.2. The monoisotopic (exact) mass is 551 g/mol. The van der Waals surface area contributed by atoms with Crippen LogP contribution in [0.25, 0.3) is 0 Å². The molecule has 36 heavy (non-hydrogen) atoms. The number of benzene rings is 3. The lowest BCUT2D eigenvalue weighted by Crippen LogP contribution is -2.22. The third-order valence-corrected chi connectivity index (χ3v) is 6.11. The largest absolute Gasteiger partial charge is 0.508 e. The first-order valence-corrected chi connectivity index (χ1v) is 12.4. The fourth-order valence-corrected chi connectivity index (χ4v) is 4.00. The fraction of sp³-hybridized carbons (Fsp3) is 0.214. The maximum Gasteiger partial charge on any atom is 0.412 e. The summed E-state index contributed by atoms with van der Waals surface area (Å²) in [6.07, 6.45) is 3.05. The fourth-order valence-electron chi connectivity index (χ4n) is 3.63. The molecule has 0 spiro atoms. The summed E-state index contributed by atoms with van der Waals surface area (Å²) in [4.78, 5) is 24.9.